The van der Waals surface area contributed by atoms with Crippen LogP contribution in [0.3, 0.4) is 0 Å². The van der Waals surface area contributed by atoms with Crippen LogP contribution in [0.2, 0.25) is 0 Å². The number of nitro groups is 1. The van der Waals surface area contributed by atoms with Crippen LogP contribution < -0.4 is 5.32 Å². The summed E-state index contributed by atoms with van der Waals surface area (Å²) in [6.45, 7) is 1.80. The van der Waals surface area contributed by atoms with Crippen LogP contribution in [0, 0.1) is 16.0 Å². The monoisotopic (exact) mass is 275 g/mol. The summed E-state index contributed by atoms with van der Waals surface area (Å²) in [6, 6.07) is 6.17. The van der Waals surface area contributed by atoms with Gasteiger partial charge < -0.3 is 10.4 Å². The number of nitro benzene ring substituents is 1. The van der Waals surface area contributed by atoms with E-state index in [-0.39, 0.29) is 12.2 Å². The van der Waals surface area contributed by atoms with Crippen molar-refractivity contribution >= 4 is 28.2 Å². The van der Waals surface area contributed by atoms with Crippen LogP contribution in [0.1, 0.15) is 6.92 Å². The van der Waals surface area contributed by atoms with Crippen molar-refractivity contribution in [2.45, 2.75) is 6.92 Å². The molecule has 2 rings (SSSR count). The summed E-state index contributed by atoms with van der Waals surface area (Å²) in [7, 11) is 0. The van der Waals surface area contributed by atoms with E-state index < -0.39 is 16.8 Å². The Morgan fingerprint density at radius 3 is 2.90 bits per heavy atom. The number of anilines is 1. The number of rotatable bonds is 5. The number of nitrogens with one attached hydrogen (secondary N) is 1. The second-order valence-corrected chi connectivity index (χ2v) is 4.41. The molecule has 0 radical (unpaired) electrons. The summed E-state index contributed by atoms with van der Waals surface area (Å²) < 4.78 is 0. The summed E-state index contributed by atoms with van der Waals surface area (Å²) in [5.74, 6) is -1.47. The zero-order valence-corrected chi connectivity index (χ0v) is 10.7. The van der Waals surface area contributed by atoms with E-state index in [1.54, 1.807) is 25.1 Å². The number of fused-ring (bicyclic) bond motifs is 1. The van der Waals surface area contributed by atoms with E-state index >= 15 is 0 Å². The molecule has 0 aliphatic heterocycles. The van der Waals surface area contributed by atoms with Gasteiger partial charge in [-0.1, -0.05) is 6.92 Å². The van der Waals surface area contributed by atoms with Crippen LogP contribution in [-0.2, 0) is 4.79 Å². The van der Waals surface area contributed by atoms with Crippen molar-refractivity contribution in [3.63, 3.8) is 0 Å². The molecule has 0 amide bonds. The Labute approximate surface area is 114 Å². The quantitative estimate of drug-likeness (QED) is 0.640. The minimum atomic E-state index is -0.906. The summed E-state index contributed by atoms with van der Waals surface area (Å²) in [5.41, 5.74) is 1.02. The molecule has 0 bridgehead atoms. The molecule has 1 aromatic carbocycles. The van der Waals surface area contributed by atoms with Crippen molar-refractivity contribution < 1.29 is 14.8 Å². The molecule has 0 spiro atoms. The molecule has 7 heteroatoms. The average Bonchev–Trinajstić information content (AvgIpc) is 2.43. The van der Waals surface area contributed by atoms with Gasteiger partial charge in [-0.25, -0.2) is 0 Å². The average molecular weight is 275 g/mol. The molecule has 1 aromatic heterocycles. The molecular weight excluding hydrogens is 262 g/mol. The van der Waals surface area contributed by atoms with Crippen molar-refractivity contribution in [3.05, 3.63) is 40.6 Å². The Kier molecular flexibility index (Phi) is 3.79. The summed E-state index contributed by atoms with van der Waals surface area (Å²) >= 11 is 0. The number of pyridine rings is 1. The topological polar surface area (TPSA) is 105 Å². The maximum absolute atomic E-state index is 11.0. The number of carboxylic acids is 1. The fourth-order valence-corrected chi connectivity index (χ4v) is 1.81. The molecule has 0 saturated heterocycles. The van der Waals surface area contributed by atoms with E-state index in [0.717, 1.165) is 0 Å². The van der Waals surface area contributed by atoms with E-state index in [1.165, 1.54) is 12.3 Å². The van der Waals surface area contributed by atoms with Crippen molar-refractivity contribution in [1.82, 2.24) is 4.98 Å². The number of carboxylic acid groups (broad SMARTS) is 1. The molecule has 104 valence electrons. The molecule has 2 aromatic rings. The molecule has 0 fully saturated rings. The summed E-state index contributed by atoms with van der Waals surface area (Å²) in [5, 5.41) is 23.2. The van der Waals surface area contributed by atoms with Gasteiger partial charge in [0.15, 0.2) is 0 Å². The number of non-ortho nitro benzene ring substituents is 1. The van der Waals surface area contributed by atoms with Crippen LogP contribution >= 0.6 is 0 Å². The van der Waals surface area contributed by atoms with Gasteiger partial charge in [-0.15, -0.1) is 0 Å². The highest BCUT2D eigenvalue weighted by Gasteiger charge is 2.16. The molecule has 7 nitrogen and oxygen atoms in total. The number of carbonyl (C=O) groups is 1. The van der Waals surface area contributed by atoms with E-state index in [0.29, 0.717) is 16.6 Å². The second kappa shape index (κ2) is 5.52. The molecule has 1 heterocycles. The number of hydrogen-bond donors (Lipinski definition) is 2. The molecule has 1 atom stereocenters. The van der Waals surface area contributed by atoms with E-state index in [9.17, 15) is 14.9 Å². The van der Waals surface area contributed by atoms with Crippen molar-refractivity contribution in [2.75, 3.05) is 11.9 Å². The number of nitrogens with zero attached hydrogens (tertiary/aromatic N) is 2. The maximum Gasteiger partial charge on any atom is 0.308 e. The lowest BCUT2D eigenvalue weighted by Crippen LogP contribution is -2.19. The maximum atomic E-state index is 11.0. The van der Waals surface area contributed by atoms with Crippen LogP contribution in [0.15, 0.2) is 30.5 Å². The van der Waals surface area contributed by atoms with E-state index in [4.69, 9.17) is 5.11 Å². The van der Waals surface area contributed by atoms with Gasteiger partial charge in [0, 0.05) is 18.8 Å². The Bertz CT molecular complexity index is 672. The third-order valence-electron chi connectivity index (χ3n) is 2.96. The van der Waals surface area contributed by atoms with Crippen LogP contribution in [0.5, 0.6) is 0 Å². The standard InChI is InChI=1S/C13H13N3O4/c1-8(13(17)18)7-15-10-4-5-11(16(19)20)9-3-2-6-14-12(9)10/h2-6,8,15H,7H2,1H3,(H,17,18). The van der Waals surface area contributed by atoms with Gasteiger partial charge in [-0.05, 0) is 18.2 Å². The molecule has 1 unspecified atom stereocenters. The SMILES string of the molecule is CC(CNc1ccc([N+](=O)[O-])c2cccnc12)C(=O)O. The van der Waals surface area contributed by atoms with Gasteiger partial charge in [-0.3, -0.25) is 19.9 Å². The third kappa shape index (κ3) is 2.66. The number of benzene rings is 1. The van der Waals surface area contributed by atoms with Gasteiger partial charge in [0.2, 0.25) is 0 Å². The Hall–Kier alpha value is -2.70. The van der Waals surface area contributed by atoms with Crippen LogP contribution in [-0.4, -0.2) is 27.5 Å². The Balaban J connectivity index is 2.38. The van der Waals surface area contributed by atoms with Crippen molar-refractivity contribution in [1.29, 1.82) is 0 Å². The highest BCUT2D eigenvalue weighted by atomic mass is 16.6. The zero-order valence-electron chi connectivity index (χ0n) is 10.7. The number of aromatic nitrogens is 1. The van der Waals surface area contributed by atoms with Gasteiger partial charge in [0.05, 0.1) is 21.9 Å². The Morgan fingerprint density at radius 1 is 1.50 bits per heavy atom. The summed E-state index contributed by atoms with van der Waals surface area (Å²) in [4.78, 5) is 25.4. The predicted octanol–water partition coefficient (Wildman–Crippen LogP) is 2.28. The number of aliphatic carboxylic acids is 1. The zero-order chi connectivity index (χ0) is 14.7. The highest BCUT2D eigenvalue weighted by Crippen LogP contribution is 2.29. The van der Waals surface area contributed by atoms with Crippen molar-refractivity contribution in [2.24, 2.45) is 5.92 Å². The Morgan fingerprint density at radius 2 is 2.25 bits per heavy atom. The highest BCUT2D eigenvalue weighted by molar-refractivity contribution is 5.96. The minimum Gasteiger partial charge on any atom is -0.481 e. The molecule has 2 N–H and O–H groups in total. The lowest BCUT2D eigenvalue weighted by atomic mass is 10.1. The lowest BCUT2D eigenvalue weighted by molar-refractivity contribution is -0.383. The lowest BCUT2D eigenvalue weighted by Gasteiger charge is -2.11. The molecular formula is C13H13N3O4. The molecule has 0 saturated carbocycles. The first kappa shape index (κ1) is 13.7. The fraction of sp³-hybridized carbons (Fsp3) is 0.231. The molecule has 0 aliphatic carbocycles. The van der Waals surface area contributed by atoms with E-state index in [1.807, 2.05) is 0 Å². The largest absolute Gasteiger partial charge is 0.481 e. The van der Waals surface area contributed by atoms with Gasteiger partial charge in [0.25, 0.3) is 5.69 Å². The third-order valence-corrected chi connectivity index (χ3v) is 2.96. The van der Waals surface area contributed by atoms with Crippen LogP contribution in [0.4, 0.5) is 11.4 Å². The first-order valence-corrected chi connectivity index (χ1v) is 5.99. The first-order chi connectivity index (χ1) is 9.50. The van der Waals surface area contributed by atoms with Gasteiger partial charge in [-0.2, -0.15) is 0 Å². The second-order valence-electron chi connectivity index (χ2n) is 4.41. The summed E-state index contributed by atoms with van der Waals surface area (Å²) in [6.07, 6.45) is 1.54. The van der Waals surface area contributed by atoms with E-state index in [2.05, 4.69) is 10.3 Å². The minimum absolute atomic E-state index is 0.0232. The van der Waals surface area contributed by atoms with Gasteiger partial charge in [0.1, 0.15) is 5.52 Å². The van der Waals surface area contributed by atoms with Crippen LogP contribution in [0.25, 0.3) is 10.9 Å². The molecule has 0 aliphatic rings. The van der Waals surface area contributed by atoms with Crippen molar-refractivity contribution in [3.8, 4) is 0 Å². The number of hydrogen-bond acceptors (Lipinski definition) is 5. The smallest absolute Gasteiger partial charge is 0.308 e. The fourth-order valence-electron chi connectivity index (χ4n) is 1.81. The normalized spacial score (nSPS) is 12.1. The predicted molar refractivity (Wildman–Crippen MR) is 73.7 cm³/mol. The molecule has 20 heavy (non-hydrogen) atoms. The first-order valence-electron chi connectivity index (χ1n) is 5.99. The van der Waals surface area contributed by atoms with Gasteiger partial charge >= 0.3 is 5.97 Å².